The van der Waals surface area contributed by atoms with Gasteiger partial charge in [-0.1, -0.05) is 11.6 Å². The van der Waals surface area contributed by atoms with Crippen molar-refractivity contribution in [3.8, 4) is 5.75 Å². The van der Waals surface area contributed by atoms with Crippen LogP contribution in [-0.4, -0.2) is 35.2 Å². The van der Waals surface area contributed by atoms with Crippen LogP contribution in [0.1, 0.15) is 22.8 Å². The van der Waals surface area contributed by atoms with Crippen LogP contribution in [0.4, 0.5) is 5.69 Å². The molecular weight excluding hydrogens is 378 g/mol. The number of nitrogens with zero attached hydrogens (tertiary/aromatic N) is 1. The monoisotopic (exact) mass is 397 g/mol. The SMILES string of the molecule is CCN(c1ccc(Cl)c(C(=O)OC)c1)S(=O)(=O)c1ccc(OC)c(C)c1. The fourth-order valence-electron chi connectivity index (χ4n) is 2.56. The van der Waals surface area contributed by atoms with E-state index in [9.17, 15) is 13.2 Å². The number of sulfonamides is 1. The van der Waals surface area contributed by atoms with Crippen molar-refractivity contribution in [1.29, 1.82) is 0 Å². The Kier molecular flexibility index (Phi) is 6.15. The Morgan fingerprint density at radius 1 is 1.15 bits per heavy atom. The lowest BCUT2D eigenvalue weighted by atomic mass is 10.2. The highest BCUT2D eigenvalue weighted by Crippen LogP contribution is 2.30. The van der Waals surface area contributed by atoms with E-state index in [1.165, 1.54) is 36.7 Å². The van der Waals surface area contributed by atoms with Crippen molar-refractivity contribution in [2.45, 2.75) is 18.7 Å². The highest BCUT2D eigenvalue weighted by atomic mass is 35.5. The maximum atomic E-state index is 13.1. The van der Waals surface area contributed by atoms with Gasteiger partial charge in [0.05, 0.1) is 35.4 Å². The summed E-state index contributed by atoms with van der Waals surface area (Å²) in [5.74, 6) is -0.0305. The summed E-state index contributed by atoms with van der Waals surface area (Å²) in [6.45, 7) is 3.65. The Morgan fingerprint density at radius 3 is 2.38 bits per heavy atom. The second-order valence-electron chi connectivity index (χ2n) is 5.46. The van der Waals surface area contributed by atoms with E-state index in [1.54, 1.807) is 32.0 Å². The molecule has 0 radical (unpaired) electrons. The van der Waals surface area contributed by atoms with Crippen molar-refractivity contribution in [1.82, 2.24) is 0 Å². The fourth-order valence-corrected chi connectivity index (χ4v) is 4.31. The van der Waals surface area contributed by atoms with Crippen molar-refractivity contribution in [3.05, 3.63) is 52.5 Å². The first kappa shape index (κ1) is 20.1. The third-order valence-electron chi connectivity index (χ3n) is 3.88. The second-order valence-corrected chi connectivity index (χ2v) is 7.73. The first-order chi connectivity index (χ1) is 12.3. The van der Waals surface area contributed by atoms with Crippen LogP contribution >= 0.6 is 11.6 Å². The number of hydrogen-bond donors (Lipinski definition) is 0. The smallest absolute Gasteiger partial charge is 0.339 e. The van der Waals surface area contributed by atoms with Crippen molar-refractivity contribution >= 4 is 33.3 Å². The van der Waals surface area contributed by atoms with Gasteiger partial charge in [0.2, 0.25) is 0 Å². The van der Waals surface area contributed by atoms with Gasteiger partial charge in [0.15, 0.2) is 0 Å². The van der Waals surface area contributed by atoms with E-state index >= 15 is 0 Å². The van der Waals surface area contributed by atoms with Crippen molar-refractivity contribution in [2.24, 2.45) is 0 Å². The molecule has 0 aliphatic carbocycles. The molecule has 0 heterocycles. The minimum Gasteiger partial charge on any atom is -0.496 e. The van der Waals surface area contributed by atoms with Crippen LogP contribution in [0.15, 0.2) is 41.3 Å². The Hall–Kier alpha value is -2.25. The normalized spacial score (nSPS) is 11.1. The lowest BCUT2D eigenvalue weighted by molar-refractivity contribution is 0.0601. The summed E-state index contributed by atoms with van der Waals surface area (Å²) in [7, 11) is -1.07. The summed E-state index contributed by atoms with van der Waals surface area (Å²) < 4.78 is 37.2. The summed E-state index contributed by atoms with van der Waals surface area (Å²) in [5.41, 5.74) is 1.13. The molecule has 2 rings (SSSR count). The Bertz CT molecular complexity index is 927. The van der Waals surface area contributed by atoms with E-state index in [2.05, 4.69) is 0 Å². The number of esters is 1. The number of methoxy groups -OCH3 is 2. The maximum Gasteiger partial charge on any atom is 0.339 e. The van der Waals surface area contributed by atoms with Gasteiger partial charge in [0.25, 0.3) is 10.0 Å². The molecule has 0 amide bonds. The molecule has 26 heavy (non-hydrogen) atoms. The van der Waals surface area contributed by atoms with Crippen LogP contribution in [-0.2, 0) is 14.8 Å². The number of anilines is 1. The van der Waals surface area contributed by atoms with Gasteiger partial charge in [0, 0.05) is 6.54 Å². The lowest BCUT2D eigenvalue weighted by Crippen LogP contribution is -2.31. The van der Waals surface area contributed by atoms with Gasteiger partial charge in [-0.15, -0.1) is 0 Å². The molecule has 0 saturated heterocycles. The molecule has 2 aromatic rings. The topological polar surface area (TPSA) is 72.9 Å². The molecule has 0 spiro atoms. The third-order valence-corrected chi connectivity index (χ3v) is 6.11. The van der Waals surface area contributed by atoms with Gasteiger partial charge < -0.3 is 9.47 Å². The fraction of sp³-hybridized carbons (Fsp3) is 0.278. The second kappa shape index (κ2) is 7.97. The molecule has 0 saturated carbocycles. The van der Waals surface area contributed by atoms with Gasteiger partial charge >= 0.3 is 5.97 Å². The van der Waals surface area contributed by atoms with Crippen LogP contribution in [0.2, 0.25) is 5.02 Å². The van der Waals surface area contributed by atoms with Gasteiger partial charge in [-0.3, -0.25) is 4.31 Å². The van der Waals surface area contributed by atoms with Crippen molar-refractivity contribution in [2.75, 3.05) is 25.1 Å². The summed E-state index contributed by atoms with van der Waals surface area (Å²) in [6.07, 6.45) is 0. The predicted molar refractivity (Wildman–Crippen MR) is 101 cm³/mol. The van der Waals surface area contributed by atoms with Gasteiger partial charge in [-0.05, 0) is 55.8 Å². The number of carbonyl (C=O) groups excluding carboxylic acids is 1. The molecule has 0 unspecified atom stereocenters. The molecule has 0 atom stereocenters. The summed E-state index contributed by atoms with van der Waals surface area (Å²) in [6, 6.07) is 9.07. The molecule has 0 bridgehead atoms. The highest BCUT2D eigenvalue weighted by molar-refractivity contribution is 7.92. The first-order valence-electron chi connectivity index (χ1n) is 7.81. The molecule has 2 aromatic carbocycles. The molecule has 8 heteroatoms. The van der Waals surface area contributed by atoms with Crippen molar-refractivity contribution in [3.63, 3.8) is 0 Å². The van der Waals surface area contributed by atoms with Crippen LogP contribution in [0.5, 0.6) is 5.75 Å². The number of halogens is 1. The number of ether oxygens (including phenoxy) is 2. The zero-order chi connectivity index (χ0) is 19.5. The van der Waals surface area contributed by atoms with Crippen LogP contribution in [0, 0.1) is 6.92 Å². The van der Waals surface area contributed by atoms with Gasteiger partial charge in [0.1, 0.15) is 5.75 Å². The van der Waals surface area contributed by atoms with E-state index in [4.69, 9.17) is 21.1 Å². The summed E-state index contributed by atoms with van der Waals surface area (Å²) in [4.78, 5) is 12.0. The van der Waals surface area contributed by atoms with E-state index < -0.39 is 16.0 Å². The van der Waals surface area contributed by atoms with Crippen LogP contribution in [0.3, 0.4) is 0 Å². The Labute approximate surface area is 158 Å². The molecule has 0 aliphatic heterocycles. The summed E-state index contributed by atoms with van der Waals surface area (Å²) >= 11 is 6.02. The lowest BCUT2D eigenvalue weighted by Gasteiger charge is -2.24. The molecule has 6 nitrogen and oxygen atoms in total. The largest absolute Gasteiger partial charge is 0.496 e. The number of carbonyl (C=O) groups is 1. The molecule has 0 fully saturated rings. The quantitative estimate of drug-likeness (QED) is 0.695. The molecule has 0 N–H and O–H groups in total. The minimum absolute atomic E-state index is 0.103. The Balaban J connectivity index is 2.53. The predicted octanol–water partition coefficient (Wildman–Crippen LogP) is 3.66. The van der Waals surface area contributed by atoms with Crippen LogP contribution in [0.25, 0.3) is 0 Å². The van der Waals surface area contributed by atoms with E-state index in [0.29, 0.717) is 17.0 Å². The standard InChI is InChI=1S/C18H20ClNO5S/c1-5-20(13-6-8-16(19)15(11-13)18(21)25-4)26(22,23)14-7-9-17(24-3)12(2)10-14/h6-11H,5H2,1-4H3. The zero-order valence-corrected chi connectivity index (χ0v) is 16.5. The number of rotatable bonds is 6. The maximum absolute atomic E-state index is 13.1. The van der Waals surface area contributed by atoms with E-state index in [-0.39, 0.29) is 22.0 Å². The minimum atomic E-state index is -3.83. The highest BCUT2D eigenvalue weighted by Gasteiger charge is 2.25. The molecule has 0 aliphatic rings. The molecule has 0 aromatic heterocycles. The van der Waals surface area contributed by atoms with Gasteiger partial charge in [-0.2, -0.15) is 0 Å². The van der Waals surface area contributed by atoms with Gasteiger partial charge in [-0.25, -0.2) is 13.2 Å². The van der Waals surface area contributed by atoms with E-state index in [1.807, 2.05) is 0 Å². The number of aryl methyl sites for hydroxylation is 1. The number of hydrogen-bond acceptors (Lipinski definition) is 5. The molecule has 140 valence electrons. The average molecular weight is 398 g/mol. The summed E-state index contributed by atoms with van der Waals surface area (Å²) in [5, 5.41) is 0.189. The average Bonchev–Trinajstić information content (AvgIpc) is 2.62. The molecular formula is C18H20ClNO5S. The first-order valence-corrected chi connectivity index (χ1v) is 9.63. The Morgan fingerprint density at radius 2 is 1.85 bits per heavy atom. The van der Waals surface area contributed by atoms with Crippen molar-refractivity contribution < 1.29 is 22.7 Å². The van der Waals surface area contributed by atoms with Crippen LogP contribution < -0.4 is 9.04 Å². The zero-order valence-electron chi connectivity index (χ0n) is 14.9. The van der Waals surface area contributed by atoms with E-state index in [0.717, 1.165) is 0 Å². The number of benzene rings is 2. The third kappa shape index (κ3) is 3.78.